The van der Waals surface area contributed by atoms with E-state index in [-0.39, 0.29) is 0 Å². The number of nitrogens with zero attached hydrogens (tertiary/aromatic N) is 3. The van der Waals surface area contributed by atoms with Crippen LogP contribution in [0.5, 0.6) is 5.75 Å². The number of rotatable bonds is 5. The average molecular weight is 417 g/mol. The van der Waals surface area contributed by atoms with Gasteiger partial charge in [-0.15, -0.1) is 0 Å². The number of aryl methyl sites for hydroxylation is 1. The number of hydrogen-bond donors (Lipinski definition) is 2. The van der Waals surface area contributed by atoms with E-state index in [1.54, 1.807) is 12.1 Å². The molecule has 0 aliphatic carbocycles. The lowest BCUT2D eigenvalue weighted by atomic mass is 10.1. The molecule has 1 aliphatic heterocycles. The molecular formula is C22H19N5O2S. The van der Waals surface area contributed by atoms with Crippen molar-refractivity contribution in [3.63, 3.8) is 0 Å². The smallest absolute Gasteiger partial charge is 0.250 e. The number of fused-ring (bicyclic) bond motifs is 2. The fourth-order valence-corrected chi connectivity index (χ4v) is 4.38. The largest absolute Gasteiger partial charge is 0.488 e. The highest BCUT2D eigenvalue weighted by atomic mass is 32.1. The van der Waals surface area contributed by atoms with Gasteiger partial charge in [-0.25, -0.2) is 9.97 Å². The van der Waals surface area contributed by atoms with Crippen LogP contribution in [0, 0.1) is 0 Å². The Kier molecular flexibility index (Phi) is 4.76. The van der Waals surface area contributed by atoms with Crippen LogP contribution in [0.15, 0.2) is 48.5 Å². The lowest BCUT2D eigenvalue weighted by molar-refractivity contribution is 0.100. The van der Waals surface area contributed by atoms with Gasteiger partial charge in [0.05, 0.1) is 23.4 Å². The van der Waals surface area contributed by atoms with E-state index in [0.717, 1.165) is 34.4 Å². The van der Waals surface area contributed by atoms with E-state index in [9.17, 15) is 4.79 Å². The zero-order valence-corrected chi connectivity index (χ0v) is 16.9. The Morgan fingerprint density at radius 3 is 2.83 bits per heavy atom. The van der Waals surface area contributed by atoms with Crippen molar-refractivity contribution in [1.29, 1.82) is 0 Å². The van der Waals surface area contributed by atoms with E-state index in [0.29, 0.717) is 41.6 Å². The average Bonchev–Trinajstić information content (AvgIpc) is 3.22. The van der Waals surface area contributed by atoms with E-state index in [2.05, 4.69) is 21.8 Å². The summed E-state index contributed by atoms with van der Waals surface area (Å²) in [7, 11) is 0. The van der Waals surface area contributed by atoms with Crippen LogP contribution >= 0.6 is 11.5 Å². The van der Waals surface area contributed by atoms with Crippen molar-refractivity contribution in [2.75, 3.05) is 11.9 Å². The molecule has 150 valence electrons. The molecule has 2 aromatic carbocycles. The number of nitrogens with one attached hydrogen (secondary N) is 1. The molecule has 0 fully saturated rings. The van der Waals surface area contributed by atoms with Gasteiger partial charge in [0.15, 0.2) is 17.4 Å². The van der Waals surface area contributed by atoms with Gasteiger partial charge in [-0.2, -0.15) is 4.37 Å². The molecule has 30 heavy (non-hydrogen) atoms. The first kappa shape index (κ1) is 18.5. The summed E-state index contributed by atoms with van der Waals surface area (Å²) in [4.78, 5) is 22.1. The number of anilines is 1. The number of amides is 1. The SMILES string of the molecule is NC(=O)c1cccc2c(-c3nc4c(c(NCc5ccccc5)n3)OCCC4)snc12. The number of nitrogens with two attached hydrogens (primary N) is 1. The Morgan fingerprint density at radius 2 is 2.00 bits per heavy atom. The second kappa shape index (κ2) is 7.72. The molecule has 3 N–H and O–H groups in total. The molecule has 3 heterocycles. The van der Waals surface area contributed by atoms with E-state index in [4.69, 9.17) is 20.4 Å². The number of hydrogen-bond acceptors (Lipinski definition) is 7. The molecular weight excluding hydrogens is 398 g/mol. The summed E-state index contributed by atoms with van der Waals surface area (Å²) in [5, 5.41) is 4.22. The molecule has 0 atom stereocenters. The van der Waals surface area contributed by atoms with Gasteiger partial charge >= 0.3 is 0 Å². The van der Waals surface area contributed by atoms with Gasteiger partial charge in [0, 0.05) is 11.9 Å². The molecule has 7 nitrogen and oxygen atoms in total. The Morgan fingerprint density at radius 1 is 1.13 bits per heavy atom. The Balaban J connectivity index is 1.58. The number of aromatic nitrogens is 3. The van der Waals surface area contributed by atoms with Crippen molar-refractivity contribution in [2.24, 2.45) is 5.73 Å². The fourth-order valence-electron chi connectivity index (χ4n) is 3.56. The molecule has 5 rings (SSSR count). The first-order chi connectivity index (χ1) is 14.7. The standard InChI is InChI=1S/C22H19N5O2S/c23-20(28)15-9-4-8-14-17(15)27-30-19(14)22-25-16-10-5-11-29-18(16)21(26-22)24-12-13-6-2-1-3-7-13/h1-4,6-9H,5,10-12H2,(H2,23,28)(H,24,25,26). The van der Waals surface area contributed by atoms with Gasteiger partial charge in [0.25, 0.3) is 5.91 Å². The normalized spacial score (nSPS) is 12.9. The van der Waals surface area contributed by atoms with Crippen LogP contribution in [0.1, 0.15) is 28.0 Å². The maximum Gasteiger partial charge on any atom is 0.250 e. The van der Waals surface area contributed by atoms with Crippen molar-refractivity contribution < 1.29 is 9.53 Å². The third-order valence-electron chi connectivity index (χ3n) is 5.02. The summed E-state index contributed by atoms with van der Waals surface area (Å²) < 4.78 is 10.4. The molecule has 0 bridgehead atoms. The fraction of sp³-hybridized carbons (Fsp3) is 0.182. The topological polar surface area (TPSA) is 103 Å². The zero-order chi connectivity index (χ0) is 20.5. The van der Waals surface area contributed by atoms with Gasteiger partial charge in [-0.1, -0.05) is 42.5 Å². The Hall–Kier alpha value is -3.52. The van der Waals surface area contributed by atoms with Crippen LogP contribution in [0.4, 0.5) is 5.82 Å². The second-order valence-corrected chi connectivity index (χ2v) is 7.81. The van der Waals surface area contributed by atoms with E-state index in [1.165, 1.54) is 11.5 Å². The predicted molar refractivity (Wildman–Crippen MR) is 117 cm³/mol. The zero-order valence-electron chi connectivity index (χ0n) is 16.1. The maximum absolute atomic E-state index is 11.8. The van der Waals surface area contributed by atoms with E-state index < -0.39 is 5.91 Å². The molecule has 0 radical (unpaired) electrons. The highest BCUT2D eigenvalue weighted by Crippen LogP contribution is 2.37. The minimum absolute atomic E-state index is 0.402. The van der Waals surface area contributed by atoms with Crippen LogP contribution in [0.25, 0.3) is 21.6 Å². The molecule has 4 aromatic rings. The molecule has 1 amide bonds. The molecule has 8 heteroatoms. The lowest BCUT2D eigenvalue weighted by Gasteiger charge is -2.20. The number of primary amides is 1. The van der Waals surface area contributed by atoms with Gasteiger partial charge in [0.2, 0.25) is 0 Å². The van der Waals surface area contributed by atoms with Crippen LogP contribution in [-0.4, -0.2) is 26.9 Å². The van der Waals surface area contributed by atoms with Crippen LogP contribution < -0.4 is 15.8 Å². The van der Waals surface area contributed by atoms with Crippen LogP contribution in [0.3, 0.4) is 0 Å². The third kappa shape index (κ3) is 3.35. The minimum Gasteiger partial charge on any atom is -0.488 e. The summed E-state index contributed by atoms with van der Waals surface area (Å²) in [6.45, 7) is 1.28. The van der Waals surface area contributed by atoms with Crippen molar-refractivity contribution in [3.8, 4) is 16.5 Å². The summed E-state index contributed by atoms with van der Waals surface area (Å²) >= 11 is 1.27. The van der Waals surface area contributed by atoms with Crippen molar-refractivity contribution >= 4 is 34.2 Å². The van der Waals surface area contributed by atoms with Crippen LogP contribution in [0.2, 0.25) is 0 Å². The molecule has 0 saturated carbocycles. The quantitative estimate of drug-likeness (QED) is 0.512. The molecule has 2 aromatic heterocycles. The highest BCUT2D eigenvalue weighted by Gasteiger charge is 2.23. The lowest BCUT2D eigenvalue weighted by Crippen LogP contribution is -2.15. The number of benzene rings is 2. The summed E-state index contributed by atoms with van der Waals surface area (Å²) in [5.74, 6) is 1.46. The highest BCUT2D eigenvalue weighted by molar-refractivity contribution is 7.11. The van der Waals surface area contributed by atoms with Gasteiger partial charge in [-0.05, 0) is 36.0 Å². The molecule has 0 unspecified atom stereocenters. The Labute approximate surface area is 177 Å². The minimum atomic E-state index is -0.498. The first-order valence-electron chi connectivity index (χ1n) is 9.71. The Bertz CT molecular complexity index is 1240. The summed E-state index contributed by atoms with van der Waals surface area (Å²) in [6.07, 6.45) is 1.74. The van der Waals surface area contributed by atoms with Crippen LogP contribution in [-0.2, 0) is 13.0 Å². The second-order valence-electron chi connectivity index (χ2n) is 7.04. The van der Waals surface area contributed by atoms with Crippen molar-refractivity contribution in [2.45, 2.75) is 19.4 Å². The third-order valence-corrected chi connectivity index (χ3v) is 5.88. The van der Waals surface area contributed by atoms with Crippen molar-refractivity contribution in [1.82, 2.24) is 14.3 Å². The molecule has 0 saturated heterocycles. The molecule has 0 spiro atoms. The monoisotopic (exact) mass is 417 g/mol. The number of carbonyl (C=O) groups excluding carboxylic acids is 1. The number of carbonyl (C=O) groups is 1. The van der Waals surface area contributed by atoms with E-state index >= 15 is 0 Å². The van der Waals surface area contributed by atoms with E-state index in [1.807, 2.05) is 24.3 Å². The van der Waals surface area contributed by atoms with Crippen molar-refractivity contribution in [3.05, 3.63) is 65.4 Å². The predicted octanol–water partition coefficient (Wildman–Crippen LogP) is 3.79. The summed E-state index contributed by atoms with van der Waals surface area (Å²) in [5.41, 5.74) is 8.53. The maximum atomic E-state index is 11.8. The first-order valence-corrected chi connectivity index (χ1v) is 10.5. The van der Waals surface area contributed by atoms with Gasteiger partial charge in [0.1, 0.15) is 4.88 Å². The molecule has 1 aliphatic rings. The summed E-state index contributed by atoms with van der Waals surface area (Å²) in [6, 6.07) is 15.5. The number of ether oxygens (including phenoxy) is 1. The van der Waals surface area contributed by atoms with Gasteiger partial charge in [-0.3, -0.25) is 4.79 Å². The van der Waals surface area contributed by atoms with Gasteiger partial charge < -0.3 is 15.8 Å².